The van der Waals surface area contributed by atoms with Gasteiger partial charge < -0.3 is 14.9 Å². The number of benzene rings is 2. The molecule has 1 aromatic heterocycles. The molecule has 1 aliphatic rings. The molecule has 0 amide bonds. The number of alkyl halides is 3. The molecule has 0 spiro atoms. The molecule has 0 unspecified atom stereocenters. The Morgan fingerprint density at radius 3 is 2.63 bits per heavy atom. The maximum atomic E-state index is 15.2. The van der Waals surface area contributed by atoms with Gasteiger partial charge in [-0.1, -0.05) is 41.2 Å². The van der Waals surface area contributed by atoms with Gasteiger partial charge in [0.15, 0.2) is 5.82 Å². The molecule has 15 heteroatoms. The van der Waals surface area contributed by atoms with Crippen LogP contribution in [0.1, 0.15) is 43.2 Å². The Balaban J connectivity index is 1.56. The van der Waals surface area contributed by atoms with E-state index in [2.05, 4.69) is 20.1 Å². The standard InChI is InChI=1S/C26H25ClF4N4O5S/c1-2-33-21-11-17(16-4-3-5-18(10-16)26(29,30)31)6-7-22(21)40-23-13-20(28)24(12-19(23)27)41(37,38)35(39-15-36)25-8-9-32-14-34-25/h3-5,8-10,12-15,17,21-22,33H,2,6-7,11H2,1H3/t17-,21-,22-/m0/s1. The van der Waals surface area contributed by atoms with E-state index in [0.29, 0.717) is 31.4 Å². The second kappa shape index (κ2) is 12.6. The Kier molecular flexibility index (Phi) is 9.34. The predicted molar refractivity (Wildman–Crippen MR) is 140 cm³/mol. The Hall–Kier alpha value is -3.49. The number of aromatic nitrogens is 2. The van der Waals surface area contributed by atoms with Crippen LogP contribution < -0.4 is 14.5 Å². The number of rotatable bonds is 10. The number of carbonyl (C=O) groups excluding carboxylic acids is 1. The topological polar surface area (TPSA) is 111 Å². The molecule has 0 bridgehead atoms. The molecule has 1 aliphatic carbocycles. The van der Waals surface area contributed by atoms with Crippen LogP contribution in [0.2, 0.25) is 5.02 Å². The van der Waals surface area contributed by atoms with E-state index in [1.807, 2.05) is 6.92 Å². The van der Waals surface area contributed by atoms with Crippen molar-refractivity contribution in [3.8, 4) is 5.75 Å². The molecule has 1 fully saturated rings. The molecule has 0 saturated heterocycles. The minimum Gasteiger partial charge on any atom is -0.487 e. The number of sulfonamides is 1. The first-order chi connectivity index (χ1) is 19.5. The maximum Gasteiger partial charge on any atom is 0.416 e. The van der Waals surface area contributed by atoms with Gasteiger partial charge in [-0.25, -0.2) is 14.4 Å². The fourth-order valence-corrected chi connectivity index (χ4v) is 6.27. The van der Waals surface area contributed by atoms with Crippen molar-refractivity contribution in [2.75, 3.05) is 11.0 Å². The average Bonchev–Trinajstić information content (AvgIpc) is 2.94. The lowest BCUT2D eigenvalue weighted by molar-refractivity contribution is -0.137. The van der Waals surface area contributed by atoms with Crippen LogP contribution in [0.5, 0.6) is 5.75 Å². The van der Waals surface area contributed by atoms with Gasteiger partial charge in [-0.3, -0.25) is 4.79 Å². The van der Waals surface area contributed by atoms with Crippen molar-refractivity contribution < 1.29 is 40.3 Å². The lowest BCUT2D eigenvalue weighted by atomic mass is 9.79. The Bertz CT molecular complexity index is 1480. The molecule has 1 saturated carbocycles. The van der Waals surface area contributed by atoms with Gasteiger partial charge >= 0.3 is 12.6 Å². The van der Waals surface area contributed by atoms with E-state index in [-0.39, 0.29) is 39.5 Å². The van der Waals surface area contributed by atoms with Crippen molar-refractivity contribution in [1.29, 1.82) is 0 Å². The van der Waals surface area contributed by atoms with E-state index in [0.717, 1.165) is 36.7 Å². The summed E-state index contributed by atoms with van der Waals surface area (Å²) in [5, 5.41) is 3.04. The quantitative estimate of drug-likeness (QED) is 0.187. The predicted octanol–water partition coefficient (Wildman–Crippen LogP) is 5.26. The molecular formula is C26H25ClF4N4O5S. The number of nitrogens with zero attached hydrogens (tertiary/aromatic N) is 3. The van der Waals surface area contributed by atoms with Crippen molar-refractivity contribution >= 4 is 33.9 Å². The summed E-state index contributed by atoms with van der Waals surface area (Å²) in [6.45, 7) is 2.24. The third kappa shape index (κ3) is 6.88. The molecule has 1 N–H and O–H groups in total. The highest BCUT2D eigenvalue weighted by molar-refractivity contribution is 7.92. The molecule has 3 atom stereocenters. The summed E-state index contributed by atoms with van der Waals surface area (Å²) in [4.78, 5) is 22.0. The third-order valence-corrected chi connectivity index (χ3v) is 8.47. The van der Waals surface area contributed by atoms with Crippen LogP contribution in [0.25, 0.3) is 0 Å². The normalized spacial score (nSPS) is 19.4. The molecule has 220 valence electrons. The van der Waals surface area contributed by atoms with E-state index >= 15 is 4.39 Å². The molecule has 0 aliphatic heterocycles. The number of anilines is 1. The highest BCUT2D eigenvalue weighted by atomic mass is 35.5. The SMILES string of the molecule is CCN[C@H]1C[C@@H](c2cccc(C(F)(F)F)c2)CC[C@@H]1Oc1cc(F)c(S(=O)(=O)N(OC=O)c2ccncn2)cc1Cl. The monoisotopic (exact) mass is 616 g/mol. The summed E-state index contributed by atoms with van der Waals surface area (Å²) in [6.07, 6.45) is -1.43. The lowest BCUT2D eigenvalue weighted by Crippen LogP contribution is -2.46. The van der Waals surface area contributed by atoms with Crippen molar-refractivity contribution in [3.63, 3.8) is 0 Å². The number of halogens is 5. The van der Waals surface area contributed by atoms with Gasteiger partial charge in [0.2, 0.25) is 0 Å². The number of ether oxygens (including phenoxy) is 1. The van der Waals surface area contributed by atoms with Gasteiger partial charge in [0.25, 0.3) is 10.0 Å². The van der Waals surface area contributed by atoms with Crippen LogP contribution in [-0.4, -0.2) is 43.5 Å². The van der Waals surface area contributed by atoms with Gasteiger partial charge in [0, 0.05) is 24.4 Å². The first-order valence-electron chi connectivity index (χ1n) is 12.4. The molecular weight excluding hydrogens is 592 g/mol. The summed E-state index contributed by atoms with van der Waals surface area (Å²) in [7, 11) is -4.81. The number of hydrogen-bond donors (Lipinski definition) is 1. The zero-order valence-electron chi connectivity index (χ0n) is 21.5. The summed E-state index contributed by atoms with van der Waals surface area (Å²) in [5.41, 5.74) is -0.159. The fourth-order valence-electron chi connectivity index (χ4n) is 4.75. The Morgan fingerprint density at radius 2 is 1.98 bits per heavy atom. The zero-order valence-corrected chi connectivity index (χ0v) is 23.1. The minimum atomic E-state index is -4.81. The Morgan fingerprint density at radius 1 is 1.20 bits per heavy atom. The molecule has 2 aromatic carbocycles. The molecule has 1 heterocycles. The fraction of sp³-hybridized carbons (Fsp3) is 0.346. The number of hydrogen-bond acceptors (Lipinski definition) is 8. The number of likely N-dealkylation sites (N-methyl/N-ethyl adjacent to an activating group) is 1. The van der Waals surface area contributed by atoms with Crippen LogP contribution in [0.15, 0.2) is 59.9 Å². The molecule has 3 aromatic rings. The highest BCUT2D eigenvalue weighted by Crippen LogP contribution is 2.39. The second-order valence-corrected chi connectivity index (χ2v) is 11.3. The molecule has 41 heavy (non-hydrogen) atoms. The van der Waals surface area contributed by atoms with Gasteiger partial charge in [0.05, 0.1) is 10.6 Å². The summed E-state index contributed by atoms with van der Waals surface area (Å²) in [6, 6.07) is 7.69. The van der Waals surface area contributed by atoms with E-state index in [9.17, 15) is 26.4 Å². The van der Waals surface area contributed by atoms with E-state index in [1.54, 1.807) is 6.07 Å². The number of nitrogens with one attached hydrogen (secondary N) is 1. The summed E-state index contributed by atoms with van der Waals surface area (Å²) >= 11 is 6.33. The van der Waals surface area contributed by atoms with E-state index < -0.39 is 38.6 Å². The van der Waals surface area contributed by atoms with Crippen molar-refractivity contribution in [2.45, 2.75) is 55.3 Å². The maximum absolute atomic E-state index is 15.2. The van der Waals surface area contributed by atoms with Crippen molar-refractivity contribution in [2.24, 2.45) is 0 Å². The second-order valence-electron chi connectivity index (χ2n) is 9.17. The largest absolute Gasteiger partial charge is 0.487 e. The van der Waals surface area contributed by atoms with Gasteiger partial charge in [-0.05, 0) is 49.4 Å². The molecule has 9 nitrogen and oxygen atoms in total. The minimum absolute atomic E-state index is 0.126. The van der Waals surface area contributed by atoms with Crippen LogP contribution in [-0.2, 0) is 25.8 Å². The molecule has 4 rings (SSSR count). The third-order valence-electron chi connectivity index (χ3n) is 6.59. The zero-order chi connectivity index (χ0) is 29.8. The lowest BCUT2D eigenvalue weighted by Gasteiger charge is -2.37. The smallest absolute Gasteiger partial charge is 0.416 e. The highest BCUT2D eigenvalue weighted by Gasteiger charge is 2.36. The summed E-state index contributed by atoms with van der Waals surface area (Å²) in [5.74, 6) is -1.88. The van der Waals surface area contributed by atoms with Crippen LogP contribution in [0.4, 0.5) is 23.4 Å². The van der Waals surface area contributed by atoms with Crippen LogP contribution >= 0.6 is 11.6 Å². The van der Waals surface area contributed by atoms with Gasteiger partial charge in [-0.2, -0.15) is 21.6 Å². The van der Waals surface area contributed by atoms with E-state index in [1.165, 1.54) is 12.3 Å². The van der Waals surface area contributed by atoms with Gasteiger partial charge in [0.1, 0.15) is 28.9 Å². The first kappa shape index (κ1) is 30.5. The van der Waals surface area contributed by atoms with Crippen LogP contribution in [0, 0.1) is 5.82 Å². The molecule has 0 radical (unpaired) electrons. The summed E-state index contributed by atoms with van der Waals surface area (Å²) < 4.78 is 87.4. The van der Waals surface area contributed by atoms with Crippen molar-refractivity contribution in [1.82, 2.24) is 15.3 Å². The Labute approximate surface area is 238 Å². The number of carbonyl (C=O) groups is 1. The van der Waals surface area contributed by atoms with Crippen molar-refractivity contribution in [3.05, 3.63) is 77.0 Å². The first-order valence-corrected chi connectivity index (χ1v) is 14.3. The van der Waals surface area contributed by atoms with Crippen LogP contribution in [0.3, 0.4) is 0 Å². The van der Waals surface area contributed by atoms with E-state index in [4.69, 9.17) is 16.3 Å². The average molecular weight is 617 g/mol. The van der Waals surface area contributed by atoms with Gasteiger partial charge in [-0.15, -0.1) is 0 Å².